The van der Waals surface area contributed by atoms with E-state index in [2.05, 4.69) is 133 Å². The van der Waals surface area contributed by atoms with Gasteiger partial charge in [-0.15, -0.1) is 0 Å². The Labute approximate surface area is 338 Å². The molecule has 9 heteroatoms. The Morgan fingerprint density at radius 2 is 1.02 bits per heavy atom. The zero-order valence-corrected chi connectivity index (χ0v) is 32.4. The normalized spacial score (nSPS) is 19.3. The number of nitrogens with zero attached hydrogens (tertiary/aromatic N) is 8. The van der Waals surface area contributed by atoms with Crippen LogP contribution in [0.15, 0.2) is 137 Å². The van der Waals surface area contributed by atoms with Gasteiger partial charge in [-0.25, -0.2) is 19.9 Å². The second-order valence-electron chi connectivity index (χ2n) is 15.6. The highest BCUT2D eigenvalue weighted by atomic mass is 16.5. The van der Waals surface area contributed by atoms with E-state index in [4.69, 9.17) is 14.7 Å². The van der Waals surface area contributed by atoms with Gasteiger partial charge in [0.05, 0.1) is 54.8 Å². The summed E-state index contributed by atoms with van der Waals surface area (Å²) in [6, 6.07) is 37.4. The van der Waals surface area contributed by atoms with E-state index >= 15 is 0 Å². The van der Waals surface area contributed by atoms with E-state index in [-0.39, 0.29) is 12.1 Å². The summed E-state index contributed by atoms with van der Waals surface area (Å²) < 4.78 is 5.40. The van der Waals surface area contributed by atoms with Crippen LogP contribution in [0.3, 0.4) is 0 Å². The van der Waals surface area contributed by atoms with Crippen LogP contribution in [0.1, 0.15) is 80.8 Å². The molecule has 6 aromatic rings. The lowest BCUT2D eigenvalue weighted by Gasteiger charge is -2.39. The Morgan fingerprint density at radius 1 is 0.534 bits per heavy atom. The highest BCUT2D eigenvalue weighted by Gasteiger charge is 2.39. The molecule has 9 nitrogen and oxygen atoms in total. The Bertz CT molecular complexity index is 2700. The van der Waals surface area contributed by atoms with Crippen LogP contribution in [0.2, 0.25) is 0 Å². The molecule has 4 aromatic carbocycles. The van der Waals surface area contributed by atoms with Crippen molar-refractivity contribution in [3.8, 4) is 5.75 Å². The van der Waals surface area contributed by atoms with Crippen molar-refractivity contribution in [3.63, 3.8) is 0 Å². The predicted octanol–water partition coefficient (Wildman–Crippen LogP) is 8.75. The number of rotatable bonds is 5. The van der Waals surface area contributed by atoms with E-state index in [0.717, 1.165) is 78.7 Å². The van der Waals surface area contributed by atoms with Crippen LogP contribution in [0.25, 0.3) is 11.1 Å². The Hall–Kier alpha value is -6.74. The second kappa shape index (κ2) is 14.3. The number of aromatic nitrogens is 4. The molecule has 0 saturated heterocycles. The highest BCUT2D eigenvalue weighted by Crippen LogP contribution is 2.50. The minimum absolute atomic E-state index is 0.139. The summed E-state index contributed by atoms with van der Waals surface area (Å²) in [6.07, 6.45) is 11.3. The molecule has 0 radical (unpaired) electrons. The van der Waals surface area contributed by atoms with Crippen molar-refractivity contribution < 1.29 is 4.74 Å². The van der Waals surface area contributed by atoms with Crippen LogP contribution >= 0.6 is 0 Å². The number of hydrogen-bond acceptors (Lipinski definition) is 9. The van der Waals surface area contributed by atoms with Gasteiger partial charge >= 0.3 is 0 Å². The van der Waals surface area contributed by atoms with Crippen LogP contribution in [0.5, 0.6) is 5.75 Å². The zero-order valence-electron chi connectivity index (χ0n) is 32.4. The molecule has 0 amide bonds. The maximum absolute atomic E-state index is 5.40. The van der Waals surface area contributed by atoms with E-state index in [0.29, 0.717) is 13.1 Å². The lowest BCUT2D eigenvalue weighted by Crippen LogP contribution is -2.36. The largest absolute Gasteiger partial charge is 0.497 e. The molecule has 0 spiro atoms. The second-order valence-corrected chi connectivity index (χ2v) is 15.6. The topological polar surface area (TPSA) is 92.0 Å². The molecular formula is C49H42N8O. The number of anilines is 2. The summed E-state index contributed by atoms with van der Waals surface area (Å²) in [5, 5.41) is 0. The molecule has 6 heterocycles. The fraction of sp³-hybridized carbons (Fsp3) is 0.224. The first-order valence-corrected chi connectivity index (χ1v) is 20.2. The number of benzene rings is 4. The summed E-state index contributed by atoms with van der Waals surface area (Å²) >= 11 is 0. The van der Waals surface area contributed by atoms with Crippen LogP contribution in [0, 0.1) is 0 Å². The molecule has 12 rings (SSSR count). The van der Waals surface area contributed by atoms with Gasteiger partial charge in [-0.3, -0.25) is 9.98 Å². The van der Waals surface area contributed by atoms with Crippen molar-refractivity contribution >= 4 is 35.2 Å². The lowest BCUT2D eigenvalue weighted by atomic mass is 9.88. The van der Waals surface area contributed by atoms with E-state index < -0.39 is 0 Å². The third-order valence-electron chi connectivity index (χ3n) is 12.6. The summed E-state index contributed by atoms with van der Waals surface area (Å²) in [4.78, 5) is 32.1. The first-order valence-electron chi connectivity index (χ1n) is 20.2. The van der Waals surface area contributed by atoms with Crippen molar-refractivity contribution in [3.05, 3.63) is 183 Å². The quantitative estimate of drug-likeness (QED) is 0.174. The Morgan fingerprint density at radius 3 is 1.53 bits per heavy atom. The van der Waals surface area contributed by atoms with Crippen molar-refractivity contribution in [1.29, 1.82) is 0 Å². The summed E-state index contributed by atoms with van der Waals surface area (Å²) in [5.74, 6) is 2.88. The number of aliphatic imine (C=N–C) groups is 2. The van der Waals surface area contributed by atoms with Crippen molar-refractivity contribution in [2.45, 2.75) is 50.9 Å². The molecule has 2 unspecified atom stereocenters. The fourth-order valence-corrected chi connectivity index (χ4v) is 10.0. The third kappa shape index (κ3) is 5.75. The summed E-state index contributed by atoms with van der Waals surface area (Å²) in [6.45, 7) is 3.17. The van der Waals surface area contributed by atoms with Gasteiger partial charge in [-0.1, -0.05) is 91.0 Å². The fourth-order valence-electron chi connectivity index (χ4n) is 10.0. The van der Waals surface area contributed by atoms with Gasteiger partial charge in [-0.05, 0) is 93.5 Å². The van der Waals surface area contributed by atoms with Crippen LogP contribution < -0.4 is 14.5 Å². The Kier molecular flexibility index (Phi) is 8.52. The molecule has 2 aliphatic carbocycles. The molecule has 6 aliphatic rings. The SMILES string of the molecule is C1=NCc2ncnc(N3CCC4=C(Cc5ccccc54)C3c3ccccc3)c21.COc1ccc(C2C3=C(CCN2c2ncnc4c2C=NC4)c2ccccc2C3)cc1. The van der Waals surface area contributed by atoms with Gasteiger partial charge < -0.3 is 14.5 Å². The number of methoxy groups -OCH3 is 1. The lowest BCUT2D eigenvalue weighted by molar-refractivity contribution is 0.414. The third-order valence-corrected chi connectivity index (χ3v) is 12.6. The minimum atomic E-state index is 0.139. The molecule has 0 fully saturated rings. The van der Waals surface area contributed by atoms with Gasteiger partial charge in [0.2, 0.25) is 0 Å². The average molecular weight is 759 g/mol. The van der Waals surface area contributed by atoms with Gasteiger partial charge in [0.1, 0.15) is 30.0 Å². The van der Waals surface area contributed by atoms with Crippen LogP contribution in [-0.2, 0) is 25.9 Å². The summed E-state index contributed by atoms with van der Waals surface area (Å²) in [5.41, 5.74) is 18.5. The van der Waals surface area contributed by atoms with Crippen molar-refractivity contribution in [2.24, 2.45) is 9.98 Å². The standard InChI is InChI=1S/C25H22N4O.C24H20N4/c1-30-18-8-6-16(7-9-18)24-21-12-17-4-2-3-5-19(17)20(21)10-11-29(24)25-22-13-26-14-23(22)27-15-28-25;1-2-6-16(7-3-1)23-20-12-17-8-4-5-9-18(17)19(20)10-11-28(23)24-21-13-25-14-22(21)26-15-27-24/h2-9,13,15,24H,10-12,14H2,1H3;1-9,13,15,23H,10-12,14H2. The summed E-state index contributed by atoms with van der Waals surface area (Å²) in [7, 11) is 1.71. The van der Waals surface area contributed by atoms with E-state index in [9.17, 15) is 0 Å². The van der Waals surface area contributed by atoms with Gasteiger partial charge in [-0.2, -0.15) is 0 Å². The monoisotopic (exact) mass is 758 g/mol. The highest BCUT2D eigenvalue weighted by molar-refractivity contribution is 5.92. The van der Waals surface area contributed by atoms with Gasteiger partial charge in [0.15, 0.2) is 0 Å². The Balaban J connectivity index is 0.000000133. The first-order chi connectivity index (χ1) is 28.7. The van der Waals surface area contributed by atoms with E-state index in [1.807, 2.05) is 12.4 Å². The zero-order chi connectivity index (χ0) is 38.6. The van der Waals surface area contributed by atoms with E-state index in [1.165, 1.54) is 55.7 Å². The maximum Gasteiger partial charge on any atom is 0.141 e. The first kappa shape index (κ1) is 34.5. The molecule has 2 atom stereocenters. The van der Waals surface area contributed by atoms with Crippen LogP contribution in [-0.4, -0.2) is 52.6 Å². The maximum atomic E-state index is 5.40. The molecule has 0 N–H and O–H groups in total. The van der Waals surface area contributed by atoms with Crippen molar-refractivity contribution in [1.82, 2.24) is 19.9 Å². The number of fused-ring (bicyclic) bond motifs is 6. The van der Waals surface area contributed by atoms with Gasteiger partial charge in [0, 0.05) is 25.5 Å². The molecule has 0 bridgehead atoms. The van der Waals surface area contributed by atoms with Crippen LogP contribution in [0.4, 0.5) is 11.6 Å². The average Bonchev–Trinajstić information content (AvgIpc) is 4.11. The van der Waals surface area contributed by atoms with E-state index in [1.54, 1.807) is 19.8 Å². The number of hydrogen-bond donors (Lipinski definition) is 0. The molecular weight excluding hydrogens is 717 g/mol. The molecule has 284 valence electrons. The number of ether oxygens (including phenoxy) is 1. The van der Waals surface area contributed by atoms with Gasteiger partial charge in [0.25, 0.3) is 0 Å². The molecule has 0 saturated carbocycles. The minimum Gasteiger partial charge on any atom is -0.497 e. The van der Waals surface area contributed by atoms with Crippen molar-refractivity contribution in [2.75, 3.05) is 30.0 Å². The smallest absolute Gasteiger partial charge is 0.141 e. The molecule has 58 heavy (non-hydrogen) atoms. The molecule has 4 aliphatic heterocycles. The molecule has 2 aromatic heterocycles. The predicted molar refractivity (Wildman–Crippen MR) is 230 cm³/mol.